The van der Waals surface area contributed by atoms with E-state index in [0.717, 1.165) is 18.7 Å². The number of likely N-dealkylation sites (tertiary alicyclic amines) is 1. The Bertz CT molecular complexity index is 715. The zero-order chi connectivity index (χ0) is 17.8. The van der Waals surface area contributed by atoms with Crippen LogP contribution in [-0.2, 0) is 11.2 Å². The lowest BCUT2D eigenvalue weighted by molar-refractivity contribution is -0.120. The van der Waals surface area contributed by atoms with E-state index >= 15 is 0 Å². The average molecular weight is 341 g/mol. The molecule has 1 atom stereocenters. The van der Waals surface area contributed by atoms with Crippen molar-refractivity contribution in [1.82, 2.24) is 15.2 Å². The van der Waals surface area contributed by atoms with Crippen molar-refractivity contribution in [1.29, 1.82) is 0 Å². The third-order valence-corrected chi connectivity index (χ3v) is 4.88. The minimum Gasteiger partial charge on any atom is -0.441 e. The molecule has 0 radical (unpaired) electrons. The van der Waals surface area contributed by atoms with Crippen LogP contribution < -0.4 is 5.32 Å². The van der Waals surface area contributed by atoms with Crippen molar-refractivity contribution in [2.75, 3.05) is 19.6 Å². The number of nitrogens with one attached hydrogen (secondary N) is 1. The summed E-state index contributed by atoms with van der Waals surface area (Å²) in [4.78, 5) is 19.2. The number of benzene rings is 1. The third-order valence-electron chi connectivity index (χ3n) is 4.88. The van der Waals surface area contributed by atoms with E-state index in [-0.39, 0.29) is 12.3 Å². The molecule has 1 aliphatic heterocycles. The monoisotopic (exact) mass is 341 g/mol. The van der Waals surface area contributed by atoms with Crippen LogP contribution in [0.25, 0.3) is 11.5 Å². The van der Waals surface area contributed by atoms with Crippen molar-refractivity contribution in [2.24, 2.45) is 0 Å². The predicted molar refractivity (Wildman–Crippen MR) is 98.4 cm³/mol. The molecule has 2 heterocycles. The molecule has 1 aromatic heterocycles. The first-order valence-corrected chi connectivity index (χ1v) is 9.07. The molecule has 1 amide bonds. The van der Waals surface area contributed by atoms with E-state index in [9.17, 15) is 4.79 Å². The fourth-order valence-corrected chi connectivity index (χ4v) is 3.20. The summed E-state index contributed by atoms with van der Waals surface area (Å²) in [6.07, 6.45) is 2.78. The number of hydrogen-bond acceptors (Lipinski definition) is 4. The van der Waals surface area contributed by atoms with E-state index < -0.39 is 0 Å². The fraction of sp³-hybridized carbons (Fsp3) is 0.500. The summed E-state index contributed by atoms with van der Waals surface area (Å²) in [6.45, 7) is 9.03. The summed E-state index contributed by atoms with van der Waals surface area (Å²) in [7, 11) is 0. The summed E-state index contributed by atoms with van der Waals surface area (Å²) < 4.78 is 5.75. The molecular formula is C20H27N3O2. The van der Waals surface area contributed by atoms with Gasteiger partial charge < -0.3 is 9.73 Å². The van der Waals surface area contributed by atoms with Crippen LogP contribution in [0.5, 0.6) is 0 Å². The number of hydrogen-bond donors (Lipinski definition) is 1. The van der Waals surface area contributed by atoms with Crippen molar-refractivity contribution in [3.05, 3.63) is 41.3 Å². The minimum atomic E-state index is -0.00194. The molecule has 2 aromatic rings. The van der Waals surface area contributed by atoms with E-state index in [1.54, 1.807) is 0 Å². The van der Waals surface area contributed by atoms with Gasteiger partial charge in [-0.05, 0) is 58.8 Å². The molecule has 3 rings (SSSR count). The number of rotatable bonds is 6. The van der Waals surface area contributed by atoms with Gasteiger partial charge in [0.1, 0.15) is 5.76 Å². The molecule has 1 aromatic carbocycles. The molecule has 1 aliphatic rings. The first-order valence-electron chi connectivity index (χ1n) is 9.07. The Morgan fingerprint density at radius 2 is 1.92 bits per heavy atom. The normalized spacial score (nSPS) is 16.1. The van der Waals surface area contributed by atoms with Gasteiger partial charge in [-0.1, -0.05) is 17.7 Å². The van der Waals surface area contributed by atoms with Crippen LogP contribution in [0.15, 0.2) is 28.7 Å². The Balaban J connectivity index is 1.57. The van der Waals surface area contributed by atoms with Crippen LogP contribution in [0.4, 0.5) is 0 Å². The number of oxazole rings is 1. The van der Waals surface area contributed by atoms with Crippen LogP contribution in [0.1, 0.15) is 36.8 Å². The molecule has 0 aliphatic carbocycles. The molecule has 5 heteroatoms. The van der Waals surface area contributed by atoms with Gasteiger partial charge in [0.05, 0.1) is 12.1 Å². The number of amides is 1. The first kappa shape index (κ1) is 17.7. The highest BCUT2D eigenvalue weighted by Gasteiger charge is 2.19. The number of carbonyl (C=O) groups excluding carboxylic acids is 1. The van der Waals surface area contributed by atoms with Gasteiger partial charge in [-0.2, -0.15) is 0 Å². The second-order valence-corrected chi connectivity index (χ2v) is 6.96. The van der Waals surface area contributed by atoms with E-state index in [0.29, 0.717) is 29.9 Å². The van der Waals surface area contributed by atoms with Gasteiger partial charge in [-0.25, -0.2) is 4.98 Å². The molecule has 1 fully saturated rings. The Labute approximate surface area is 149 Å². The fourth-order valence-electron chi connectivity index (χ4n) is 3.20. The van der Waals surface area contributed by atoms with Crippen LogP contribution >= 0.6 is 0 Å². The van der Waals surface area contributed by atoms with Gasteiger partial charge in [0.15, 0.2) is 0 Å². The van der Waals surface area contributed by atoms with Crippen molar-refractivity contribution >= 4 is 5.91 Å². The van der Waals surface area contributed by atoms with E-state index in [4.69, 9.17) is 4.42 Å². The van der Waals surface area contributed by atoms with Gasteiger partial charge in [-0.3, -0.25) is 9.69 Å². The highest BCUT2D eigenvalue weighted by molar-refractivity contribution is 5.78. The maximum absolute atomic E-state index is 12.3. The van der Waals surface area contributed by atoms with Crippen molar-refractivity contribution in [3.8, 4) is 11.5 Å². The van der Waals surface area contributed by atoms with Crippen molar-refractivity contribution < 1.29 is 9.21 Å². The third kappa shape index (κ3) is 4.48. The molecule has 1 saturated heterocycles. The van der Waals surface area contributed by atoms with Crippen LogP contribution in [0.3, 0.4) is 0 Å². The Hall–Kier alpha value is -2.14. The number of aryl methyl sites for hydroxylation is 2. The van der Waals surface area contributed by atoms with Gasteiger partial charge >= 0.3 is 0 Å². The summed E-state index contributed by atoms with van der Waals surface area (Å²) in [5.74, 6) is 1.28. The summed E-state index contributed by atoms with van der Waals surface area (Å²) in [5.41, 5.74) is 2.84. The molecular weight excluding hydrogens is 314 g/mol. The molecule has 25 heavy (non-hydrogen) atoms. The SMILES string of the molecule is Cc1ccc(-c2nc(CC(=O)NCC(C)N3CCCC3)c(C)o2)cc1. The van der Waals surface area contributed by atoms with Gasteiger partial charge in [-0.15, -0.1) is 0 Å². The minimum absolute atomic E-state index is 0.00194. The molecule has 5 nitrogen and oxygen atoms in total. The second-order valence-electron chi connectivity index (χ2n) is 6.96. The quantitative estimate of drug-likeness (QED) is 0.877. The molecule has 1 unspecified atom stereocenters. The molecule has 1 N–H and O–H groups in total. The lowest BCUT2D eigenvalue weighted by Gasteiger charge is -2.23. The summed E-state index contributed by atoms with van der Waals surface area (Å²) in [6, 6.07) is 8.42. The maximum Gasteiger partial charge on any atom is 0.226 e. The Morgan fingerprint density at radius 1 is 1.24 bits per heavy atom. The smallest absolute Gasteiger partial charge is 0.226 e. The van der Waals surface area contributed by atoms with Crippen molar-refractivity contribution in [2.45, 2.75) is 46.1 Å². The number of aromatic nitrogens is 1. The van der Waals surface area contributed by atoms with Gasteiger partial charge in [0, 0.05) is 18.2 Å². The topological polar surface area (TPSA) is 58.4 Å². The Morgan fingerprint density at radius 3 is 2.60 bits per heavy atom. The predicted octanol–water partition coefficient (Wildman–Crippen LogP) is 3.10. The largest absolute Gasteiger partial charge is 0.441 e. The van der Waals surface area contributed by atoms with Gasteiger partial charge in [0.25, 0.3) is 0 Å². The number of nitrogens with zero attached hydrogens (tertiary/aromatic N) is 2. The van der Waals surface area contributed by atoms with Crippen LogP contribution in [0.2, 0.25) is 0 Å². The Kier molecular flexibility index (Phi) is 5.53. The lowest BCUT2D eigenvalue weighted by Crippen LogP contribution is -2.41. The molecule has 0 bridgehead atoms. The van der Waals surface area contributed by atoms with E-state index in [1.807, 2.05) is 38.1 Å². The molecule has 134 valence electrons. The van der Waals surface area contributed by atoms with E-state index in [2.05, 4.69) is 22.1 Å². The van der Waals surface area contributed by atoms with Crippen LogP contribution in [-0.4, -0.2) is 41.5 Å². The van der Waals surface area contributed by atoms with Crippen LogP contribution in [0, 0.1) is 13.8 Å². The van der Waals surface area contributed by atoms with E-state index in [1.165, 1.54) is 18.4 Å². The zero-order valence-electron chi connectivity index (χ0n) is 15.3. The van der Waals surface area contributed by atoms with Crippen molar-refractivity contribution in [3.63, 3.8) is 0 Å². The highest BCUT2D eigenvalue weighted by atomic mass is 16.4. The maximum atomic E-state index is 12.3. The summed E-state index contributed by atoms with van der Waals surface area (Å²) >= 11 is 0. The summed E-state index contributed by atoms with van der Waals surface area (Å²) in [5, 5.41) is 3.03. The highest BCUT2D eigenvalue weighted by Crippen LogP contribution is 2.22. The first-order chi connectivity index (χ1) is 12.0. The zero-order valence-corrected chi connectivity index (χ0v) is 15.3. The second kappa shape index (κ2) is 7.83. The standard InChI is InChI=1S/C20H27N3O2/c1-14-6-8-17(9-7-14)20-22-18(16(3)25-20)12-19(24)21-13-15(2)23-10-4-5-11-23/h6-9,15H,4-5,10-13H2,1-3H3,(H,21,24). The molecule has 0 spiro atoms. The van der Waals surface area contributed by atoms with Gasteiger partial charge in [0.2, 0.25) is 11.8 Å². The number of carbonyl (C=O) groups is 1. The average Bonchev–Trinajstić information content (AvgIpc) is 3.24. The lowest BCUT2D eigenvalue weighted by atomic mass is 10.1. The molecule has 0 saturated carbocycles.